The number of rotatable bonds is 10. The van der Waals surface area contributed by atoms with Gasteiger partial charge in [0.2, 0.25) is 0 Å². The summed E-state index contributed by atoms with van der Waals surface area (Å²) in [6.45, 7) is 23.0. The molecule has 0 saturated heterocycles. The summed E-state index contributed by atoms with van der Waals surface area (Å²) in [5, 5.41) is 71.0. The first-order valence-electron chi connectivity index (χ1n) is 36.5. The second kappa shape index (κ2) is 25.5. The lowest BCUT2D eigenvalue weighted by Crippen LogP contribution is -2.52. The largest absolute Gasteiger partial charge is 0.384 e. The summed E-state index contributed by atoms with van der Waals surface area (Å²) in [6.07, 6.45) is 34.0. The van der Waals surface area contributed by atoms with Gasteiger partial charge in [-0.3, -0.25) is 0 Å². The van der Waals surface area contributed by atoms with Gasteiger partial charge in [0.1, 0.15) is 16.8 Å². The van der Waals surface area contributed by atoms with E-state index in [1.165, 1.54) is 158 Å². The van der Waals surface area contributed by atoms with Gasteiger partial charge >= 0.3 is 0 Å². The van der Waals surface area contributed by atoms with Crippen LogP contribution in [0.15, 0.2) is 55.4 Å². The molecule has 0 bridgehead atoms. The number of alkyl halides is 2. The molecule has 0 aromatic carbocycles. The summed E-state index contributed by atoms with van der Waals surface area (Å²) in [5.41, 5.74) is 1.46. The Balaban J connectivity index is 0.000000120. The van der Waals surface area contributed by atoms with Gasteiger partial charge in [0, 0.05) is 11.3 Å². The summed E-state index contributed by atoms with van der Waals surface area (Å²) in [6, 6.07) is 0. The Morgan fingerprint density at radius 3 is 1.16 bits per heavy atom. The highest BCUT2D eigenvalue weighted by molar-refractivity contribution is 6.30. The molecule has 24 atom stereocenters. The fourth-order valence-corrected chi connectivity index (χ4v) is 25.5. The van der Waals surface area contributed by atoms with Gasteiger partial charge in [-0.05, 0) is 336 Å². The average molecular weight is 1280 g/mol. The predicted molar refractivity (Wildman–Crippen MR) is 348 cm³/mol. The lowest BCUT2D eigenvalue weighted by molar-refractivity contribution is -0.159. The lowest BCUT2D eigenvalue weighted by Gasteiger charge is -2.57. The monoisotopic (exact) mass is 1280 g/mol. The highest BCUT2D eigenvalue weighted by Crippen LogP contribution is 2.69. The molecule has 13 saturated carbocycles. The maximum Gasteiger partial charge on any atom is 0.266 e. The van der Waals surface area contributed by atoms with E-state index in [0.717, 1.165) is 98.7 Å². The summed E-state index contributed by atoms with van der Waals surface area (Å²) >= 11 is 5.63. The molecule has 500 valence electrons. The van der Waals surface area contributed by atoms with Crippen molar-refractivity contribution in [2.75, 3.05) is 0 Å². The molecule has 13 aliphatic carbocycles. The maximum atomic E-state index is 13.4. The third-order valence-electron chi connectivity index (χ3n) is 29.5. The molecule has 0 unspecified atom stereocenters. The second-order valence-electron chi connectivity index (χ2n) is 33.7. The minimum atomic E-state index is -2.62. The summed E-state index contributed by atoms with van der Waals surface area (Å²) in [4.78, 5) is 4.98. The zero-order valence-electron chi connectivity index (χ0n) is 55.4. The summed E-state index contributed by atoms with van der Waals surface area (Å²) in [5.74, 6) is 22.5. The smallest absolute Gasteiger partial charge is 0.266 e. The van der Waals surface area contributed by atoms with E-state index >= 15 is 0 Å². The van der Waals surface area contributed by atoms with Crippen molar-refractivity contribution in [1.29, 1.82) is 0 Å². The number of nitrogens with zero attached hydrogens (tertiary/aromatic N) is 12. The minimum absolute atomic E-state index is 0.265. The van der Waals surface area contributed by atoms with Crippen molar-refractivity contribution in [2.45, 2.75) is 250 Å². The normalized spacial score (nSPS) is 45.2. The lowest BCUT2D eigenvalue weighted by atomic mass is 9.48. The van der Waals surface area contributed by atoms with Crippen LogP contribution in [-0.4, -0.2) is 99.2 Å². The van der Waals surface area contributed by atoms with E-state index in [4.69, 9.17) is 11.6 Å². The van der Waals surface area contributed by atoms with Crippen molar-refractivity contribution in [1.82, 2.24) is 60.6 Å². The number of aliphatic hydroxyl groups is 3. The van der Waals surface area contributed by atoms with Crippen molar-refractivity contribution in [3.63, 3.8) is 0 Å². The number of fused-ring (bicyclic) bond motifs is 15. The highest BCUT2D eigenvalue weighted by Gasteiger charge is 2.62. The number of tetrazole rings is 3. The number of aromatic nitrogens is 12. The standard InChI is InChI=1S/C27H38N4O.C24H33ClN4O.C23H34F2N4O/c1-18(16-31-29-17-28-30-31)24-7-8-25-23-6-5-20-15-27(32,13-9-19-3-4-19)14-11-21(20)22(23)10-12-26(24,25)2;1-16(14-29-27-15-26-28-29)21-5-6-22-20-4-3-17-13-24(30,11-12-25)10-8-18(17)19(20)7-9-23(21,22)2;1-14(12-29-27-13-26-28-29)19-5-6-20-18-4-3-15-11-23(30,21(24)25)10-8-16(15)17(18)7-9-22(19,20)2/h17,19-25,32H,1,3-8,10-12,14-16H2,2H3;15,17-22,30H,1,3-10,13-14H2,2H3;13,15-21,30H,1,3-12H2,2H3/t20-,21+,22-,23-,24-,25+,26-,27-;17-,18+,19-,20-,21-,22+,23-,24+;15-,16+,17-,18-,19-,20+,22-,23-/m111/s1. The zero-order valence-corrected chi connectivity index (χ0v) is 56.1. The van der Waals surface area contributed by atoms with Gasteiger partial charge in [-0.2, -0.15) is 14.4 Å². The zero-order chi connectivity index (χ0) is 64.0. The van der Waals surface area contributed by atoms with Crippen molar-refractivity contribution >= 4 is 11.6 Å². The maximum absolute atomic E-state index is 13.4. The third-order valence-corrected chi connectivity index (χ3v) is 29.6. The van der Waals surface area contributed by atoms with E-state index in [9.17, 15) is 24.1 Å². The minimum Gasteiger partial charge on any atom is -0.384 e. The van der Waals surface area contributed by atoms with Gasteiger partial charge in [0.25, 0.3) is 6.43 Å². The molecule has 0 spiro atoms. The first-order valence-corrected chi connectivity index (χ1v) is 36.8. The van der Waals surface area contributed by atoms with Crippen molar-refractivity contribution in [3.05, 3.63) is 55.4 Å². The summed E-state index contributed by atoms with van der Waals surface area (Å²) in [7, 11) is 0. The summed E-state index contributed by atoms with van der Waals surface area (Å²) < 4.78 is 26.8. The number of allylic oxidation sites excluding steroid dienone is 3. The van der Waals surface area contributed by atoms with Crippen LogP contribution in [-0.2, 0) is 19.6 Å². The van der Waals surface area contributed by atoms with Gasteiger partial charge in [0.15, 0.2) is 19.0 Å². The highest BCUT2D eigenvalue weighted by atomic mass is 35.5. The van der Waals surface area contributed by atoms with Crippen LogP contribution in [0.5, 0.6) is 0 Å². The van der Waals surface area contributed by atoms with Crippen LogP contribution >= 0.6 is 11.6 Å². The van der Waals surface area contributed by atoms with Gasteiger partial charge in [0.05, 0.1) is 19.6 Å². The SMILES string of the molecule is C=C(Cn1ncnn1)[C@H]1CC[C@H]2[C@@H]3CC[C@@H]4C[C@@](O)(C#CC5CC5)CC[C@@H]4[C@H]3CC[C@]12C.C=C(Cn1ncnn1)[C@H]1CC[C@H]2[C@@H]3CC[C@@H]4C[C@@](O)(C#CCl)CC[C@@H]4[C@H]3CC[C@]12C.C=C(Cn1ncnn1)[C@H]1CC[C@H]2[C@@H]3CC[C@@H]4C[C@@](O)(C(F)F)CC[C@@H]4[C@H]3CC[C@]12C. The van der Waals surface area contributed by atoms with Crippen LogP contribution in [0.4, 0.5) is 8.78 Å². The first kappa shape index (κ1) is 64.9. The molecule has 15 nitrogen and oxygen atoms in total. The van der Waals surface area contributed by atoms with Crippen LogP contribution in [0.2, 0.25) is 0 Å². The van der Waals surface area contributed by atoms with Crippen molar-refractivity contribution < 1.29 is 24.1 Å². The topological polar surface area (TPSA) is 191 Å². The molecular weight excluding hydrogens is 1180 g/mol. The molecule has 3 heterocycles. The van der Waals surface area contributed by atoms with E-state index in [1.54, 1.807) is 14.4 Å². The van der Waals surface area contributed by atoms with Gasteiger partial charge in [-0.15, -0.1) is 30.6 Å². The van der Waals surface area contributed by atoms with Gasteiger partial charge in [-0.1, -0.05) is 75.0 Å². The second-order valence-corrected chi connectivity index (χ2v) is 33.9. The van der Waals surface area contributed by atoms with E-state index < -0.39 is 23.2 Å². The van der Waals surface area contributed by atoms with Crippen LogP contribution in [0, 0.1) is 152 Å². The molecule has 3 aromatic heterocycles. The van der Waals surface area contributed by atoms with Crippen LogP contribution in [0.1, 0.15) is 207 Å². The van der Waals surface area contributed by atoms with Crippen LogP contribution in [0.3, 0.4) is 0 Å². The first-order chi connectivity index (χ1) is 44.2. The molecule has 0 radical (unpaired) electrons. The van der Waals surface area contributed by atoms with E-state index in [-0.39, 0.29) is 17.8 Å². The van der Waals surface area contributed by atoms with Gasteiger partial charge in [-0.25, -0.2) is 8.78 Å². The fourth-order valence-electron chi connectivity index (χ4n) is 25.3. The van der Waals surface area contributed by atoms with Crippen LogP contribution in [0.25, 0.3) is 0 Å². The van der Waals surface area contributed by atoms with E-state index in [0.29, 0.717) is 96.1 Å². The molecule has 13 aliphatic rings. The molecule has 3 N–H and O–H groups in total. The Kier molecular flexibility index (Phi) is 18.0. The average Bonchev–Trinajstić information content (AvgIpc) is 1.41. The van der Waals surface area contributed by atoms with E-state index in [2.05, 4.69) is 110 Å². The number of hydrogen-bond donors (Lipinski definition) is 3. The Hall–Kier alpha value is -4.42. The van der Waals surface area contributed by atoms with Crippen molar-refractivity contribution in [3.8, 4) is 23.1 Å². The number of hydrogen-bond acceptors (Lipinski definition) is 12. The molecule has 92 heavy (non-hydrogen) atoms. The van der Waals surface area contributed by atoms with Crippen molar-refractivity contribution in [2.24, 2.45) is 129 Å². The predicted octanol–water partition coefficient (Wildman–Crippen LogP) is 13.6. The molecule has 0 amide bonds. The third kappa shape index (κ3) is 12.1. The Morgan fingerprint density at radius 2 is 0.815 bits per heavy atom. The quantitative estimate of drug-likeness (QED) is 0.129. The molecule has 3 aromatic rings. The van der Waals surface area contributed by atoms with Gasteiger partial charge < -0.3 is 15.3 Å². The number of halogens is 3. The molecule has 16 rings (SSSR count). The van der Waals surface area contributed by atoms with E-state index in [1.807, 2.05) is 0 Å². The Morgan fingerprint density at radius 1 is 0.457 bits per heavy atom. The Labute approximate surface area is 550 Å². The molecular formula is C74H105ClF2N12O3. The Bertz CT molecular complexity index is 3250. The molecule has 0 aliphatic heterocycles. The molecule has 18 heteroatoms. The molecule has 13 fully saturated rings. The fraction of sp³-hybridized carbons (Fsp3) is 0.824. The van der Waals surface area contributed by atoms with Crippen LogP contribution < -0.4 is 0 Å².